The normalized spacial score (nSPS) is 15.2. The smallest absolute Gasteiger partial charge is 0.273 e. The van der Waals surface area contributed by atoms with Gasteiger partial charge in [0, 0.05) is 44.8 Å². The number of likely N-dealkylation sites (N-methyl/N-ethyl adjacent to an activating group) is 1. The van der Waals surface area contributed by atoms with E-state index in [0.29, 0.717) is 18.1 Å². The largest absolute Gasteiger partial charge is 0.354 e. The van der Waals surface area contributed by atoms with Gasteiger partial charge >= 0.3 is 0 Å². The van der Waals surface area contributed by atoms with Crippen molar-refractivity contribution in [3.8, 4) is 0 Å². The zero-order valence-corrected chi connectivity index (χ0v) is 16.7. The fraction of sp³-hybridized carbons (Fsp3) is 0.476. The van der Waals surface area contributed by atoms with E-state index in [1.54, 1.807) is 0 Å². The van der Waals surface area contributed by atoms with Crippen LogP contribution in [0, 0.1) is 6.92 Å². The molecule has 0 saturated carbocycles. The lowest BCUT2D eigenvalue weighted by Crippen LogP contribution is -2.45. The molecule has 0 aliphatic carbocycles. The molecule has 6 heteroatoms. The lowest BCUT2D eigenvalue weighted by atomic mass is 10.1. The summed E-state index contributed by atoms with van der Waals surface area (Å²) in [4.78, 5) is 28.7. The Morgan fingerprint density at radius 2 is 1.78 bits per heavy atom. The van der Waals surface area contributed by atoms with Gasteiger partial charge in [0.15, 0.2) is 0 Å². The lowest BCUT2D eigenvalue weighted by Gasteiger charge is -2.33. The predicted octanol–water partition coefficient (Wildman–Crippen LogP) is 2.59. The Hall–Kier alpha value is -2.47. The molecular weight excluding hydrogens is 338 g/mol. The van der Waals surface area contributed by atoms with Gasteiger partial charge < -0.3 is 14.7 Å². The van der Waals surface area contributed by atoms with Crippen LogP contribution in [0.4, 0.5) is 5.82 Å². The second kappa shape index (κ2) is 8.48. The third kappa shape index (κ3) is 4.83. The number of carbonyl (C=O) groups excluding carboxylic acids is 1. The number of aromatic nitrogens is 2. The summed E-state index contributed by atoms with van der Waals surface area (Å²) in [6, 6.07) is 12.0. The molecule has 0 unspecified atom stereocenters. The van der Waals surface area contributed by atoms with Crippen LogP contribution >= 0.6 is 0 Å². The molecule has 1 aromatic carbocycles. The number of hydrogen-bond acceptors (Lipinski definition) is 5. The van der Waals surface area contributed by atoms with Crippen LogP contribution in [0.5, 0.6) is 0 Å². The van der Waals surface area contributed by atoms with Crippen molar-refractivity contribution in [2.75, 3.05) is 38.1 Å². The average molecular weight is 367 g/mol. The average Bonchev–Trinajstić information content (AvgIpc) is 2.66. The molecule has 0 bridgehead atoms. The minimum Gasteiger partial charge on any atom is -0.354 e. The van der Waals surface area contributed by atoms with E-state index in [-0.39, 0.29) is 11.9 Å². The van der Waals surface area contributed by atoms with E-state index in [9.17, 15) is 4.79 Å². The third-order valence-corrected chi connectivity index (χ3v) is 4.95. The van der Waals surface area contributed by atoms with E-state index in [4.69, 9.17) is 0 Å². The van der Waals surface area contributed by atoms with Gasteiger partial charge in [-0.05, 0) is 33.4 Å². The molecule has 0 N–H and O–H groups in total. The van der Waals surface area contributed by atoms with Crippen LogP contribution < -0.4 is 4.90 Å². The molecule has 0 spiro atoms. The highest BCUT2D eigenvalue weighted by atomic mass is 16.2. The summed E-state index contributed by atoms with van der Waals surface area (Å²) in [6.07, 6.45) is 0. The zero-order chi connectivity index (χ0) is 19.4. The van der Waals surface area contributed by atoms with Crippen molar-refractivity contribution in [2.45, 2.75) is 33.4 Å². The van der Waals surface area contributed by atoms with E-state index < -0.39 is 0 Å². The predicted molar refractivity (Wildman–Crippen MR) is 108 cm³/mol. The van der Waals surface area contributed by atoms with Crippen molar-refractivity contribution >= 4 is 11.7 Å². The van der Waals surface area contributed by atoms with E-state index in [1.165, 1.54) is 0 Å². The van der Waals surface area contributed by atoms with Crippen molar-refractivity contribution in [2.24, 2.45) is 0 Å². The number of benzene rings is 1. The van der Waals surface area contributed by atoms with Gasteiger partial charge in [-0.25, -0.2) is 9.97 Å². The van der Waals surface area contributed by atoms with Crippen molar-refractivity contribution in [1.82, 2.24) is 19.8 Å². The van der Waals surface area contributed by atoms with Gasteiger partial charge in [0.25, 0.3) is 5.91 Å². The van der Waals surface area contributed by atoms with Crippen molar-refractivity contribution in [3.05, 3.63) is 53.5 Å². The maximum atomic E-state index is 13.2. The summed E-state index contributed by atoms with van der Waals surface area (Å²) in [6.45, 7) is 10.3. The second-order valence-corrected chi connectivity index (χ2v) is 7.46. The number of rotatable bonds is 5. The third-order valence-electron chi connectivity index (χ3n) is 4.95. The Balaban J connectivity index is 1.83. The first-order valence-electron chi connectivity index (χ1n) is 9.58. The van der Waals surface area contributed by atoms with Crippen molar-refractivity contribution < 1.29 is 4.79 Å². The molecule has 2 aromatic rings. The molecule has 144 valence electrons. The van der Waals surface area contributed by atoms with Crippen LogP contribution in [0.3, 0.4) is 0 Å². The maximum absolute atomic E-state index is 13.2. The number of carbonyl (C=O) groups is 1. The van der Waals surface area contributed by atoms with Gasteiger partial charge in [-0.1, -0.05) is 30.3 Å². The van der Waals surface area contributed by atoms with Crippen LogP contribution in [0.15, 0.2) is 36.4 Å². The van der Waals surface area contributed by atoms with Gasteiger partial charge in [0.1, 0.15) is 17.3 Å². The molecule has 2 heterocycles. The molecule has 0 atom stereocenters. The van der Waals surface area contributed by atoms with Crippen LogP contribution in [0.1, 0.15) is 35.7 Å². The molecule has 1 aromatic heterocycles. The minimum atomic E-state index is -0.0465. The molecule has 1 fully saturated rings. The number of anilines is 1. The Kier molecular flexibility index (Phi) is 6.06. The molecular formula is C21H29N5O. The van der Waals surface area contributed by atoms with Gasteiger partial charge in [0.05, 0.1) is 0 Å². The molecule has 1 aliphatic rings. The van der Waals surface area contributed by atoms with Crippen LogP contribution in [0.25, 0.3) is 0 Å². The second-order valence-electron chi connectivity index (χ2n) is 7.46. The number of piperazine rings is 1. The van der Waals surface area contributed by atoms with Gasteiger partial charge in [-0.15, -0.1) is 0 Å². The summed E-state index contributed by atoms with van der Waals surface area (Å²) in [5.41, 5.74) is 1.59. The summed E-state index contributed by atoms with van der Waals surface area (Å²) < 4.78 is 0. The molecule has 0 radical (unpaired) electrons. The monoisotopic (exact) mass is 367 g/mol. The zero-order valence-electron chi connectivity index (χ0n) is 16.7. The summed E-state index contributed by atoms with van der Waals surface area (Å²) in [5.74, 6) is 1.44. The molecule has 1 aliphatic heterocycles. The van der Waals surface area contributed by atoms with Gasteiger partial charge in [0.2, 0.25) is 0 Å². The highest BCUT2D eigenvalue weighted by molar-refractivity contribution is 5.93. The topological polar surface area (TPSA) is 52.6 Å². The number of aryl methyl sites for hydroxylation is 1. The first-order valence-corrected chi connectivity index (χ1v) is 9.58. The highest BCUT2D eigenvalue weighted by Crippen LogP contribution is 2.18. The SMILES string of the molecule is Cc1nc(C(=O)N(Cc2ccccc2)C(C)C)cc(N2CCN(C)CC2)n1. The number of amides is 1. The number of hydrogen-bond donors (Lipinski definition) is 0. The van der Waals surface area contributed by atoms with Gasteiger partial charge in [-0.3, -0.25) is 4.79 Å². The quantitative estimate of drug-likeness (QED) is 0.813. The summed E-state index contributed by atoms with van der Waals surface area (Å²) in [5, 5.41) is 0. The summed E-state index contributed by atoms with van der Waals surface area (Å²) in [7, 11) is 2.13. The van der Waals surface area contributed by atoms with Crippen molar-refractivity contribution in [3.63, 3.8) is 0 Å². The molecule has 27 heavy (non-hydrogen) atoms. The number of nitrogens with zero attached hydrogens (tertiary/aromatic N) is 5. The Labute approximate surface area is 161 Å². The first kappa shape index (κ1) is 19.3. The first-order chi connectivity index (χ1) is 12.9. The van der Waals surface area contributed by atoms with Gasteiger partial charge in [-0.2, -0.15) is 0 Å². The fourth-order valence-corrected chi connectivity index (χ4v) is 3.28. The Bertz CT molecular complexity index is 769. The van der Waals surface area contributed by atoms with Crippen LogP contribution in [-0.2, 0) is 6.54 Å². The maximum Gasteiger partial charge on any atom is 0.273 e. The van der Waals surface area contributed by atoms with E-state index in [2.05, 4.69) is 26.8 Å². The lowest BCUT2D eigenvalue weighted by molar-refractivity contribution is 0.0683. The Morgan fingerprint density at radius 1 is 1.11 bits per heavy atom. The molecule has 3 rings (SSSR count). The molecule has 1 amide bonds. The van der Waals surface area contributed by atoms with Crippen molar-refractivity contribution in [1.29, 1.82) is 0 Å². The standard InChI is InChI=1S/C21H29N5O/c1-16(2)26(15-18-8-6-5-7-9-18)21(27)19-14-20(23-17(3)22-19)25-12-10-24(4)11-13-25/h5-9,14,16H,10-13,15H2,1-4H3. The minimum absolute atomic E-state index is 0.0465. The van der Waals surface area contributed by atoms with E-state index >= 15 is 0 Å². The highest BCUT2D eigenvalue weighted by Gasteiger charge is 2.23. The summed E-state index contributed by atoms with van der Waals surface area (Å²) >= 11 is 0. The van der Waals surface area contributed by atoms with Crippen LogP contribution in [-0.4, -0.2) is 64.9 Å². The molecule has 1 saturated heterocycles. The molecule has 6 nitrogen and oxygen atoms in total. The van der Waals surface area contributed by atoms with E-state index in [1.807, 2.05) is 62.1 Å². The Morgan fingerprint density at radius 3 is 2.41 bits per heavy atom. The van der Waals surface area contributed by atoms with Crippen LogP contribution in [0.2, 0.25) is 0 Å². The van der Waals surface area contributed by atoms with E-state index in [0.717, 1.165) is 37.6 Å². The fourth-order valence-electron chi connectivity index (χ4n) is 3.28.